The first-order valence-corrected chi connectivity index (χ1v) is 16.3. The molecule has 8 nitrogen and oxygen atoms in total. The number of carboxylic acid groups (broad SMARTS) is 1. The van der Waals surface area contributed by atoms with Crippen LogP contribution in [0, 0.1) is 11.7 Å². The number of anilines is 1. The van der Waals surface area contributed by atoms with Crippen molar-refractivity contribution in [2.75, 3.05) is 24.6 Å². The molecule has 2 aromatic rings. The van der Waals surface area contributed by atoms with Crippen LogP contribution in [-0.2, 0) is 14.4 Å². The van der Waals surface area contributed by atoms with Crippen LogP contribution >= 0.6 is 23.2 Å². The van der Waals surface area contributed by atoms with Crippen molar-refractivity contribution < 1.29 is 28.6 Å². The fourth-order valence-corrected chi connectivity index (χ4v) is 6.76. The molecule has 3 fully saturated rings. The fraction of sp³-hybridized carbons (Fsp3) is 0.545. The van der Waals surface area contributed by atoms with E-state index in [4.69, 9.17) is 27.9 Å². The van der Waals surface area contributed by atoms with Crippen molar-refractivity contribution in [1.82, 2.24) is 10.6 Å². The van der Waals surface area contributed by atoms with Crippen LogP contribution in [0.2, 0.25) is 10.0 Å². The van der Waals surface area contributed by atoms with Gasteiger partial charge in [-0.25, -0.2) is 4.39 Å². The Hall–Kier alpha value is -3.04. The predicted molar refractivity (Wildman–Crippen MR) is 170 cm³/mol. The maximum Gasteiger partial charge on any atom is 0.323 e. The SMILES string of the molecule is O=C(O)CN(CC(=O)NC12CC(CCCCCCCCCC(NC(=O)COc3ccc(Cl)c(F)c3)C1)C2)c1ccc(Cl)cc1. The number of carboxylic acids is 1. The smallest absolute Gasteiger partial charge is 0.323 e. The summed E-state index contributed by atoms with van der Waals surface area (Å²) >= 11 is 11.8. The topological polar surface area (TPSA) is 108 Å². The van der Waals surface area contributed by atoms with E-state index in [1.54, 1.807) is 24.3 Å². The maximum absolute atomic E-state index is 13.8. The van der Waals surface area contributed by atoms with Gasteiger partial charge in [0.1, 0.15) is 18.1 Å². The van der Waals surface area contributed by atoms with Crippen molar-refractivity contribution >= 4 is 46.7 Å². The van der Waals surface area contributed by atoms with Crippen molar-refractivity contribution in [1.29, 1.82) is 0 Å². The minimum Gasteiger partial charge on any atom is -0.484 e. The van der Waals surface area contributed by atoms with Crippen molar-refractivity contribution in [2.45, 2.75) is 88.6 Å². The molecule has 0 saturated heterocycles. The van der Waals surface area contributed by atoms with E-state index in [0.29, 0.717) is 23.0 Å². The molecule has 0 heterocycles. The number of rotatable bonds is 10. The van der Waals surface area contributed by atoms with E-state index >= 15 is 0 Å². The van der Waals surface area contributed by atoms with Crippen LogP contribution in [0.25, 0.3) is 0 Å². The number of nitrogens with one attached hydrogen (secondary N) is 2. The zero-order valence-electron chi connectivity index (χ0n) is 25.0. The molecule has 5 rings (SSSR count). The number of fused-ring (bicyclic) bond motifs is 10. The highest BCUT2D eigenvalue weighted by Gasteiger charge is 2.46. The number of hydrogen-bond donors (Lipinski definition) is 3. The summed E-state index contributed by atoms with van der Waals surface area (Å²) in [6.45, 7) is -0.728. The molecular weight excluding hydrogens is 608 g/mol. The summed E-state index contributed by atoms with van der Waals surface area (Å²) in [4.78, 5) is 39.6. The summed E-state index contributed by atoms with van der Waals surface area (Å²) in [5.41, 5.74) is 0.0893. The zero-order valence-corrected chi connectivity index (χ0v) is 26.5. The largest absolute Gasteiger partial charge is 0.484 e. The molecule has 3 saturated carbocycles. The molecule has 240 valence electrons. The van der Waals surface area contributed by atoms with Crippen LogP contribution in [0.1, 0.15) is 77.0 Å². The van der Waals surface area contributed by atoms with Gasteiger partial charge in [-0.1, -0.05) is 74.6 Å². The van der Waals surface area contributed by atoms with E-state index in [9.17, 15) is 23.9 Å². The lowest BCUT2D eigenvalue weighted by molar-refractivity contribution is -0.135. The van der Waals surface area contributed by atoms with Crippen LogP contribution in [-0.4, -0.2) is 54.2 Å². The van der Waals surface area contributed by atoms with Gasteiger partial charge in [0.05, 0.1) is 11.6 Å². The molecule has 1 atom stereocenters. The van der Waals surface area contributed by atoms with E-state index in [0.717, 1.165) is 51.0 Å². The Morgan fingerprint density at radius 1 is 0.886 bits per heavy atom. The summed E-state index contributed by atoms with van der Waals surface area (Å²) in [6.07, 6.45) is 12.1. The summed E-state index contributed by atoms with van der Waals surface area (Å²) in [5, 5.41) is 16.4. The lowest BCUT2D eigenvalue weighted by Gasteiger charge is -2.50. The fourth-order valence-electron chi connectivity index (χ4n) is 6.52. The lowest BCUT2D eigenvalue weighted by atomic mass is 9.63. The molecule has 0 radical (unpaired) electrons. The molecule has 3 N–H and O–H groups in total. The highest BCUT2D eigenvalue weighted by molar-refractivity contribution is 6.31. The number of amides is 2. The third kappa shape index (κ3) is 10.5. The van der Waals surface area contributed by atoms with Gasteiger partial charge in [-0.3, -0.25) is 14.4 Å². The van der Waals surface area contributed by atoms with Gasteiger partial charge in [0.2, 0.25) is 5.91 Å². The summed E-state index contributed by atoms with van der Waals surface area (Å²) in [7, 11) is 0. The van der Waals surface area contributed by atoms with E-state index in [2.05, 4.69) is 10.6 Å². The quantitative estimate of drug-likeness (QED) is 0.262. The first-order valence-electron chi connectivity index (χ1n) is 15.5. The maximum atomic E-state index is 13.8. The number of benzene rings is 2. The molecule has 11 heteroatoms. The van der Waals surface area contributed by atoms with Crippen LogP contribution in [0.15, 0.2) is 42.5 Å². The van der Waals surface area contributed by atoms with Crippen LogP contribution in [0.3, 0.4) is 0 Å². The third-order valence-corrected chi connectivity index (χ3v) is 9.10. The number of hydrogen-bond acceptors (Lipinski definition) is 5. The molecular formula is C33H42Cl2FN3O5. The first kappa shape index (κ1) is 33.8. The van der Waals surface area contributed by atoms with Gasteiger partial charge in [0.25, 0.3) is 5.91 Å². The van der Waals surface area contributed by atoms with Gasteiger partial charge < -0.3 is 25.4 Å². The molecule has 0 spiro atoms. The van der Waals surface area contributed by atoms with E-state index in [1.807, 2.05) is 0 Å². The predicted octanol–water partition coefficient (Wildman–Crippen LogP) is 6.77. The summed E-state index contributed by atoms with van der Waals surface area (Å²) in [6, 6.07) is 10.6. The second-order valence-electron chi connectivity index (χ2n) is 12.2. The average Bonchev–Trinajstić information content (AvgIpc) is 2.95. The number of carbonyl (C=O) groups is 3. The Labute approximate surface area is 268 Å². The molecule has 2 aromatic carbocycles. The minimum atomic E-state index is -1.04. The zero-order chi connectivity index (χ0) is 31.5. The first-order chi connectivity index (χ1) is 21.1. The van der Waals surface area contributed by atoms with Gasteiger partial charge in [0.15, 0.2) is 6.61 Å². The van der Waals surface area contributed by atoms with Gasteiger partial charge in [-0.15, -0.1) is 0 Å². The number of aliphatic carboxylic acids is 1. The van der Waals surface area contributed by atoms with Gasteiger partial charge in [-0.2, -0.15) is 0 Å². The molecule has 0 aromatic heterocycles. The Balaban J connectivity index is 1.44. The van der Waals surface area contributed by atoms with E-state index < -0.39 is 17.3 Å². The molecule has 1 unspecified atom stereocenters. The van der Waals surface area contributed by atoms with Crippen molar-refractivity contribution in [3.8, 4) is 5.75 Å². The second kappa shape index (κ2) is 16.3. The molecule has 44 heavy (non-hydrogen) atoms. The van der Waals surface area contributed by atoms with Crippen molar-refractivity contribution in [3.63, 3.8) is 0 Å². The second-order valence-corrected chi connectivity index (χ2v) is 13.1. The van der Waals surface area contributed by atoms with Crippen LogP contribution in [0.4, 0.5) is 10.1 Å². The third-order valence-electron chi connectivity index (χ3n) is 8.54. The normalized spacial score (nSPS) is 22.5. The summed E-state index contributed by atoms with van der Waals surface area (Å²) < 4.78 is 19.3. The molecule has 3 aliphatic carbocycles. The summed E-state index contributed by atoms with van der Waals surface area (Å²) in [5.74, 6) is -1.54. The number of carbonyl (C=O) groups excluding carboxylic acids is 2. The van der Waals surface area contributed by atoms with Crippen molar-refractivity contribution in [3.05, 3.63) is 58.3 Å². The van der Waals surface area contributed by atoms with Crippen molar-refractivity contribution in [2.24, 2.45) is 5.92 Å². The highest BCUT2D eigenvalue weighted by atomic mass is 35.5. The van der Waals surface area contributed by atoms with Crippen LogP contribution < -0.4 is 20.3 Å². The Kier molecular flexibility index (Phi) is 12.6. The number of halogens is 3. The Morgan fingerprint density at radius 2 is 1.55 bits per heavy atom. The average molecular weight is 651 g/mol. The Bertz CT molecular complexity index is 1270. The monoisotopic (exact) mass is 649 g/mol. The highest BCUT2D eigenvalue weighted by Crippen LogP contribution is 2.44. The lowest BCUT2D eigenvalue weighted by Crippen LogP contribution is -2.61. The molecule has 2 bridgehead atoms. The van der Waals surface area contributed by atoms with Gasteiger partial charge in [-0.05, 0) is 68.0 Å². The standard InChI is InChI=1S/C33H42Cl2FN3O5/c34-24-10-12-26(13-11-24)39(21-32(42)43)20-30(40)38-33-17-23(18-33)8-6-4-2-1-3-5-7-9-25(19-33)37-31(41)22-44-27-14-15-28(35)29(36)16-27/h10-16,23,25H,1-9,17-22H2,(H,37,41)(H,38,40)(H,42,43). The number of nitrogens with zero attached hydrogens (tertiary/aromatic N) is 1. The number of ether oxygens (including phenoxy) is 1. The van der Waals surface area contributed by atoms with Gasteiger partial charge >= 0.3 is 5.97 Å². The molecule has 0 aliphatic heterocycles. The van der Waals surface area contributed by atoms with Crippen LogP contribution in [0.5, 0.6) is 5.75 Å². The Morgan fingerprint density at radius 3 is 2.20 bits per heavy atom. The molecule has 3 aliphatic rings. The van der Waals surface area contributed by atoms with E-state index in [1.165, 1.54) is 42.7 Å². The van der Waals surface area contributed by atoms with Gasteiger partial charge in [0, 0.05) is 28.4 Å². The molecule has 2 amide bonds. The van der Waals surface area contributed by atoms with E-state index in [-0.39, 0.29) is 48.3 Å². The minimum absolute atomic E-state index is 0.0214.